The lowest BCUT2D eigenvalue weighted by molar-refractivity contribution is 0.0929. The van der Waals surface area contributed by atoms with Gasteiger partial charge < -0.3 is 10.1 Å². The zero-order valence-electron chi connectivity index (χ0n) is 12.8. The maximum Gasteiger partial charge on any atom is 0.261 e. The van der Waals surface area contributed by atoms with Gasteiger partial charge in [0, 0.05) is 4.88 Å². The van der Waals surface area contributed by atoms with E-state index in [-0.39, 0.29) is 11.9 Å². The molecular formula is C17H21NO2S. The molecule has 3 nitrogen and oxygen atoms in total. The third kappa shape index (κ3) is 3.85. The van der Waals surface area contributed by atoms with E-state index in [2.05, 4.69) is 19.2 Å². The second kappa shape index (κ2) is 6.76. The standard InChI is InChI=1S/C17H21NO2S/c1-11(2)16(13-6-8-14(20-4)9-7-13)18-17(19)15-10-5-12(3)21-15/h5-11,16H,1-4H3,(H,18,19). The molecule has 1 atom stereocenters. The Morgan fingerprint density at radius 3 is 2.29 bits per heavy atom. The van der Waals surface area contributed by atoms with Crippen LogP contribution in [0, 0.1) is 12.8 Å². The highest BCUT2D eigenvalue weighted by molar-refractivity contribution is 7.13. The fraction of sp³-hybridized carbons (Fsp3) is 0.353. The van der Waals surface area contributed by atoms with Crippen molar-refractivity contribution in [2.24, 2.45) is 5.92 Å². The van der Waals surface area contributed by atoms with E-state index in [1.807, 2.05) is 43.3 Å². The minimum atomic E-state index is -0.0115. The molecule has 1 aromatic carbocycles. The van der Waals surface area contributed by atoms with Gasteiger partial charge in [-0.05, 0) is 42.7 Å². The lowest BCUT2D eigenvalue weighted by atomic mass is 9.96. The number of carbonyl (C=O) groups excluding carboxylic acids is 1. The summed E-state index contributed by atoms with van der Waals surface area (Å²) in [6.45, 7) is 6.22. The van der Waals surface area contributed by atoms with Crippen LogP contribution in [0.1, 0.15) is 40.0 Å². The molecule has 0 bridgehead atoms. The number of methoxy groups -OCH3 is 1. The van der Waals surface area contributed by atoms with Gasteiger partial charge in [-0.25, -0.2) is 0 Å². The molecule has 112 valence electrons. The predicted molar refractivity (Wildman–Crippen MR) is 87.1 cm³/mol. The fourth-order valence-electron chi connectivity index (χ4n) is 2.22. The van der Waals surface area contributed by atoms with Crippen LogP contribution in [0.4, 0.5) is 0 Å². The van der Waals surface area contributed by atoms with Crippen LogP contribution in [0.5, 0.6) is 5.75 Å². The quantitative estimate of drug-likeness (QED) is 0.899. The first-order valence-corrected chi connectivity index (χ1v) is 7.84. The van der Waals surface area contributed by atoms with Crippen LogP contribution < -0.4 is 10.1 Å². The Hall–Kier alpha value is -1.81. The number of nitrogens with one attached hydrogen (secondary N) is 1. The Balaban J connectivity index is 2.16. The monoisotopic (exact) mass is 303 g/mol. The number of hydrogen-bond donors (Lipinski definition) is 1. The van der Waals surface area contributed by atoms with Crippen molar-refractivity contribution in [1.82, 2.24) is 5.32 Å². The van der Waals surface area contributed by atoms with Crippen molar-refractivity contribution in [3.05, 3.63) is 51.7 Å². The van der Waals surface area contributed by atoms with Gasteiger partial charge in [0.15, 0.2) is 0 Å². The molecule has 1 aromatic heterocycles. The van der Waals surface area contributed by atoms with Crippen molar-refractivity contribution in [3.63, 3.8) is 0 Å². The molecular weight excluding hydrogens is 282 g/mol. The predicted octanol–water partition coefficient (Wildman–Crippen LogP) is 4.19. The zero-order valence-corrected chi connectivity index (χ0v) is 13.7. The molecule has 0 saturated carbocycles. The Kier molecular flexibility index (Phi) is 5.02. The van der Waals surface area contributed by atoms with E-state index in [4.69, 9.17) is 4.74 Å². The van der Waals surface area contributed by atoms with Crippen molar-refractivity contribution < 1.29 is 9.53 Å². The van der Waals surface area contributed by atoms with Gasteiger partial charge in [0.2, 0.25) is 0 Å². The number of aryl methyl sites for hydroxylation is 1. The Morgan fingerprint density at radius 1 is 1.14 bits per heavy atom. The molecule has 1 N–H and O–H groups in total. The van der Waals surface area contributed by atoms with Gasteiger partial charge >= 0.3 is 0 Å². The van der Waals surface area contributed by atoms with Crippen LogP contribution in [0.3, 0.4) is 0 Å². The average Bonchev–Trinajstić information content (AvgIpc) is 2.91. The number of carbonyl (C=O) groups is 1. The second-order valence-corrected chi connectivity index (χ2v) is 6.67. The van der Waals surface area contributed by atoms with Crippen molar-refractivity contribution >= 4 is 17.2 Å². The summed E-state index contributed by atoms with van der Waals surface area (Å²) in [7, 11) is 1.65. The lowest BCUT2D eigenvalue weighted by Gasteiger charge is -2.23. The summed E-state index contributed by atoms with van der Waals surface area (Å²) >= 11 is 1.52. The van der Waals surface area contributed by atoms with Gasteiger partial charge in [-0.1, -0.05) is 26.0 Å². The van der Waals surface area contributed by atoms with Crippen LogP contribution in [0.2, 0.25) is 0 Å². The van der Waals surface area contributed by atoms with E-state index in [1.165, 1.54) is 11.3 Å². The van der Waals surface area contributed by atoms with Crippen LogP contribution in [-0.4, -0.2) is 13.0 Å². The maximum atomic E-state index is 12.3. The smallest absolute Gasteiger partial charge is 0.261 e. The first-order valence-electron chi connectivity index (χ1n) is 7.02. The SMILES string of the molecule is COc1ccc(C(NC(=O)c2ccc(C)s2)C(C)C)cc1. The summed E-state index contributed by atoms with van der Waals surface area (Å²) in [6.07, 6.45) is 0. The zero-order chi connectivity index (χ0) is 15.4. The topological polar surface area (TPSA) is 38.3 Å². The van der Waals surface area contributed by atoms with E-state index >= 15 is 0 Å². The maximum absolute atomic E-state index is 12.3. The average molecular weight is 303 g/mol. The molecule has 0 aliphatic carbocycles. The summed E-state index contributed by atoms with van der Waals surface area (Å²) in [5, 5.41) is 3.13. The molecule has 0 spiro atoms. The third-order valence-corrected chi connectivity index (χ3v) is 4.39. The van der Waals surface area contributed by atoms with Crippen molar-refractivity contribution in [2.75, 3.05) is 7.11 Å². The first-order chi connectivity index (χ1) is 10.0. The molecule has 4 heteroatoms. The molecule has 0 fully saturated rings. The molecule has 1 unspecified atom stereocenters. The lowest BCUT2D eigenvalue weighted by Crippen LogP contribution is -2.31. The van der Waals surface area contributed by atoms with E-state index in [0.717, 1.165) is 21.1 Å². The number of rotatable bonds is 5. The highest BCUT2D eigenvalue weighted by atomic mass is 32.1. The van der Waals surface area contributed by atoms with E-state index in [0.29, 0.717) is 5.92 Å². The number of hydrogen-bond acceptors (Lipinski definition) is 3. The molecule has 1 amide bonds. The van der Waals surface area contributed by atoms with Crippen LogP contribution >= 0.6 is 11.3 Å². The molecule has 0 aliphatic heterocycles. The summed E-state index contributed by atoms with van der Waals surface area (Å²) in [5.74, 6) is 1.12. The van der Waals surface area contributed by atoms with Crippen LogP contribution in [0.15, 0.2) is 36.4 Å². The Morgan fingerprint density at radius 2 is 1.81 bits per heavy atom. The molecule has 0 aliphatic rings. The summed E-state index contributed by atoms with van der Waals surface area (Å²) in [6, 6.07) is 11.7. The van der Waals surface area contributed by atoms with E-state index in [9.17, 15) is 4.79 Å². The normalized spacial score (nSPS) is 12.2. The van der Waals surface area contributed by atoms with Gasteiger partial charge in [0.05, 0.1) is 18.0 Å². The van der Waals surface area contributed by atoms with Gasteiger partial charge in [-0.2, -0.15) is 0 Å². The highest BCUT2D eigenvalue weighted by Gasteiger charge is 2.20. The number of amides is 1. The molecule has 2 rings (SSSR count). The van der Waals surface area contributed by atoms with E-state index in [1.54, 1.807) is 7.11 Å². The summed E-state index contributed by atoms with van der Waals surface area (Å²) in [5.41, 5.74) is 1.09. The van der Waals surface area contributed by atoms with Crippen molar-refractivity contribution in [3.8, 4) is 5.75 Å². The van der Waals surface area contributed by atoms with Gasteiger partial charge in [0.25, 0.3) is 5.91 Å². The van der Waals surface area contributed by atoms with Gasteiger partial charge in [-0.15, -0.1) is 11.3 Å². The number of ether oxygens (including phenoxy) is 1. The highest BCUT2D eigenvalue weighted by Crippen LogP contribution is 2.25. The Bertz CT molecular complexity index is 602. The molecule has 1 heterocycles. The molecule has 21 heavy (non-hydrogen) atoms. The van der Waals surface area contributed by atoms with Crippen molar-refractivity contribution in [1.29, 1.82) is 0 Å². The van der Waals surface area contributed by atoms with E-state index < -0.39 is 0 Å². The molecule has 0 saturated heterocycles. The minimum Gasteiger partial charge on any atom is -0.497 e. The summed E-state index contributed by atoms with van der Waals surface area (Å²) < 4.78 is 5.18. The largest absolute Gasteiger partial charge is 0.497 e. The van der Waals surface area contributed by atoms with Gasteiger partial charge in [0.1, 0.15) is 5.75 Å². The van der Waals surface area contributed by atoms with Crippen molar-refractivity contribution in [2.45, 2.75) is 26.8 Å². The number of thiophene rings is 1. The van der Waals surface area contributed by atoms with Crippen LogP contribution in [-0.2, 0) is 0 Å². The molecule has 0 radical (unpaired) electrons. The molecule has 2 aromatic rings. The Labute approximate surface area is 130 Å². The summed E-state index contributed by atoms with van der Waals surface area (Å²) in [4.78, 5) is 14.2. The third-order valence-electron chi connectivity index (χ3n) is 3.39. The van der Waals surface area contributed by atoms with Crippen LogP contribution in [0.25, 0.3) is 0 Å². The number of benzene rings is 1. The fourth-order valence-corrected chi connectivity index (χ4v) is 2.99. The first kappa shape index (κ1) is 15.6. The minimum absolute atomic E-state index is 0.00851. The van der Waals surface area contributed by atoms with Gasteiger partial charge in [-0.3, -0.25) is 4.79 Å². The second-order valence-electron chi connectivity index (χ2n) is 5.38.